The maximum absolute atomic E-state index is 13.2. The number of halogens is 3. The molecule has 1 N–H and O–H groups in total. The zero-order chi connectivity index (χ0) is 21.7. The monoisotopic (exact) mass is 415 g/mol. The Kier molecular flexibility index (Phi) is 6.30. The third-order valence-electron chi connectivity index (χ3n) is 4.20. The average Bonchev–Trinajstić information content (AvgIpc) is 2.70. The highest BCUT2D eigenvalue weighted by molar-refractivity contribution is 6.05. The van der Waals surface area contributed by atoms with E-state index in [2.05, 4.69) is 5.32 Å². The first kappa shape index (κ1) is 21.2. The molecule has 7 heteroatoms. The van der Waals surface area contributed by atoms with Crippen molar-refractivity contribution in [3.05, 3.63) is 83.4 Å². The van der Waals surface area contributed by atoms with E-state index < -0.39 is 17.6 Å². The van der Waals surface area contributed by atoms with Gasteiger partial charge < -0.3 is 14.8 Å². The molecule has 0 radical (unpaired) electrons. The van der Waals surface area contributed by atoms with E-state index in [4.69, 9.17) is 9.47 Å². The fourth-order valence-corrected chi connectivity index (χ4v) is 2.77. The number of hydrogen-bond donors (Lipinski definition) is 1. The van der Waals surface area contributed by atoms with Gasteiger partial charge in [-0.15, -0.1) is 0 Å². The Morgan fingerprint density at radius 3 is 2.30 bits per heavy atom. The van der Waals surface area contributed by atoms with Crippen molar-refractivity contribution in [1.82, 2.24) is 0 Å². The van der Waals surface area contributed by atoms with Gasteiger partial charge in [-0.05, 0) is 68.4 Å². The number of aryl methyl sites for hydroxylation is 1. The Morgan fingerprint density at radius 2 is 1.67 bits per heavy atom. The average molecular weight is 415 g/mol. The highest BCUT2D eigenvalue weighted by Gasteiger charge is 2.31. The number of benzene rings is 3. The number of carbonyl (C=O) groups excluding carboxylic acids is 1. The highest BCUT2D eigenvalue weighted by atomic mass is 19.4. The predicted molar refractivity (Wildman–Crippen MR) is 108 cm³/mol. The fraction of sp³-hybridized carbons (Fsp3) is 0.174. The van der Waals surface area contributed by atoms with Gasteiger partial charge in [-0.2, -0.15) is 13.2 Å². The molecule has 30 heavy (non-hydrogen) atoms. The zero-order valence-corrected chi connectivity index (χ0v) is 16.4. The van der Waals surface area contributed by atoms with E-state index in [0.717, 1.165) is 17.7 Å². The standard InChI is InChI=1S/C23H20F3NO3/c1-3-29-18-8-10-19(11-9-18)30-21-12-7-17(23(24,25)26)14-20(21)27-22(28)16-6-4-5-15(2)13-16/h4-14H,3H2,1-2H3,(H,27,28). The molecule has 0 heterocycles. The summed E-state index contributed by atoms with van der Waals surface area (Å²) in [6.45, 7) is 4.19. The summed E-state index contributed by atoms with van der Waals surface area (Å²) >= 11 is 0. The largest absolute Gasteiger partial charge is 0.494 e. The Morgan fingerprint density at radius 1 is 0.967 bits per heavy atom. The van der Waals surface area contributed by atoms with Gasteiger partial charge in [0.15, 0.2) is 5.75 Å². The Labute approximate surface area is 172 Å². The summed E-state index contributed by atoms with van der Waals surface area (Å²) in [6, 6.07) is 16.4. The molecule has 0 aliphatic heterocycles. The maximum atomic E-state index is 13.2. The fourth-order valence-electron chi connectivity index (χ4n) is 2.77. The van der Waals surface area contributed by atoms with Crippen molar-refractivity contribution < 1.29 is 27.4 Å². The lowest BCUT2D eigenvalue weighted by molar-refractivity contribution is -0.137. The molecule has 3 aromatic rings. The van der Waals surface area contributed by atoms with Crippen LogP contribution in [0.1, 0.15) is 28.4 Å². The van der Waals surface area contributed by atoms with Gasteiger partial charge in [0.2, 0.25) is 0 Å². The summed E-state index contributed by atoms with van der Waals surface area (Å²) in [5.74, 6) is 0.595. The third-order valence-corrected chi connectivity index (χ3v) is 4.20. The van der Waals surface area contributed by atoms with Crippen LogP contribution in [0.2, 0.25) is 0 Å². The van der Waals surface area contributed by atoms with Gasteiger partial charge in [0, 0.05) is 5.56 Å². The molecule has 0 aliphatic carbocycles. The number of ether oxygens (including phenoxy) is 2. The molecule has 0 bridgehead atoms. The summed E-state index contributed by atoms with van der Waals surface area (Å²) in [4.78, 5) is 12.6. The van der Waals surface area contributed by atoms with Crippen molar-refractivity contribution in [2.75, 3.05) is 11.9 Å². The van der Waals surface area contributed by atoms with Gasteiger partial charge in [-0.25, -0.2) is 0 Å². The molecule has 0 aliphatic rings. The number of alkyl halides is 3. The Balaban J connectivity index is 1.91. The number of hydrogen-bond acceptors (Lipinski definition) is 3. The van der Waals surface area contributed by atoms with Crippen molar-refractivity contribution in [3.63, 3.8) is 0 Å². The molecule has 156 valence electrons. The number of carbonyl (C=O) groups is 1. The second kappa shape index (κ2) is 8.90. The van der Waals surface area contributed by atoms with Crippen LogP contribution in [0.25, 0.3) is 0 Å². The van der Waals surface area contributed by atoms with Gasteiger partial charge in [0.1, 0.15) is 11.5 Å². The Bertz CT molecular complexity index is 1030. The quantitative estimate of drug-likeness (QED) is 0.503. The second-order valence-corrected chi connectivity index (χ2v) is 6.54. The lowest BCUT2D eigenvalue weighted by atomic mass is 10.1. The van der Waals surface area contributed by atoms with Crippen molar-refractivity contribution in [1.29, 1.82) is 0 Å². The molecule has 3 aromatic carbocycles. The molecule has 4 nitrogen and oxygen atoms in total. The first-order valence-electron chi connectivity index (χ1n) is 9.26. The summed E-state index contributed by atoms with van der Waals surface area (Å²) in [5.41, 5.74) is 0.225. The summed E-state index contributed by atoms with van der Waals surface area (Å²) < 4.78 is 50.7. The van der Waals surface area contributed by atoms with Gasteiger partial charge in [-0.3, -0.25) is 4.79 Å². The topological polar surface area (TPSA) is 47.6 Å². The van der Waals surface area contributed by atoms with Crippen molar-refractivity contribution in [2.24, 2.45) is 0 Å². The summed E-state index contributed by atoms with van der Waals surface area (Å²) in [7, 11) is 0. The molecule has 0 saturated heterocycles. The minimum absolute atomic E-state index is 0.0785. The van der Waals surface area contributed by atoms with Gasteiger partial charge >= 0.3 is 6.18 Å². The molecule has 0 fully saturated rings. The molecule has 0 unspecified atom stereocenters. The number of anilines is 1. The first-order valence-corrected chi connectivity index (χ1v) is 9.26. The van der Waals surface area contributed by atoms with Crippen LogP contribution in [0.15, 0.2) is 66.7 Å². The van der Waals surface area contributed by atoms with E-state index in [9.17, 15) is 18.0 Å². The second-order valence-electron chi connectivity index (χ2n) is 6.54. The zero-order valence-electron chi connectivity index (χ0n) is 16.4. The van der Waals surface area contributed by atoms with Crippen LogP contribution in [0, 0.1) is 6.92 Å². The molecule has 1 amide bonds. The molecular formula is C23H20F3NO3. The van der Waals surface area contributed by atoms with Crippen LogP contribution in [-0.2, 0) is 6.18 Å². The minimum Gasteiger partial charge on any atom is -0.494 e. The van der Waals surface area contributed by atoms with Crippen molar-refractivity contribution in [2.45, 2.75) is 20.0 Å². The highest BCUT2D eigenvalue weighted by Crippen LogP contribution is 2.37. The van der Waals surface area contributed by atoms with Crippen LogP contribution < -0.4 is 14.8 Å². The van der Waals surface area contributed by atoms with Gasteiger partial charge in [-0.1, -0.05) is 17.7 Å². The van der Waals surface area contributed by atoms with Crippen LogP contribution in [0.5, 0.6) is 17.2 Å². The minimum atomic E-state index is -4.56. The summed E-state index contributed by atoms with van der Waals surface area (Å²) in [6.07, 6.45) is -4.56. The lowest BCUT2D eigenvalue weighted by Gasteiger charge is -2.15. The molecular weight excluding hydrogens is 395 g/mol. The Hall–Kier alpha value is -3.48. The molecule has 0 aromatic heterocycles. The maximum Gasteiger partial charge on any atom is 0.416 e. The third kappa shape index (κ3) is 5.31. The predicted octanol–water partition coefficient (Wildman–Crippen LogP) is 6.46. The molecule has 0 atom stereocenters. The van der Waals surface area contributed by atoms with Crippen molar-refractivity contribution in [3.8, 4) is 17.2 Å². The first-order chi connectivity index (χ1) is 14.3. The number of amides is 1. The van der Waals surface area contributed by atoms with Crippen LogP contribution in [0.3, 0.4) is 0 Å². The van der Waals surface area contributed by atoms with Crippen LogP contribution in [-0.4, -0.2) is 12.5 Å². The normalized spacial score (nSPS) is 11.1. The van der Waals surface area contributed by atoms with E-state index in [1.54, 1.807) is 42.5 Å². The van der Waals surface area contributed by atoms with E-state index in [1.165, 1.54) is 6.07 Å². The molecule has 0 saturated carbocycles. The smallest absolute Gasteiger partial charge is 0.416 e. The number of nitrogens with one attached hydrogen (secondary N) is 1. The van der Waals surface area contributed by atoms with Gasteiger partial charge in [0.25, 0.3) is 5.91 Å². The van der Waals surface area contributed by atoms with Crippen LogP contribution in [0.4, 0.5) is 18.9 Å². The van der Waals surface area contributed by atoms with Crippen LogP contribution >= 0.6 is 0 Å². The van der Waals surface area contributed by atoms with Gasteiger partial charge in [0.05, 0.1) is 17.9 Å². The van der Waals surface area contributed by atoms with E-state index >= 15 is 0 Å². The molecule has 0 spiro atoms. The SMILES string of the molecule is CCOc1ccc(Oc2ccc(C(F)(F)F)cc2NC(=O)c2cccc(C)c2)cc1. The van der Waals surface area contributed by atoms with E-state index in [1.807, 2.05) is 19.9 Å². The van der Waals surface area contributed by atoms with E-state index in [0.29, 0.717) is 23.7 Å². The molecule has 3 rings (SSSR count). The lowest BCUT2D eigenvalue weighted by Crippen LogP contribution is -2.14. The van der Waals surface area contributed by atoms with Crippen molar-refractivity contribution >= 4 is 11.6 Å². The summed E-state index contributed by atoms with van der Waals surface area (Å²) in [5, 5.41) is 2.53. The van der Waals surface area contributed by atoms with E-state index in [-0.39, 0.29) is 11.4 Å². The number of rotatable bonds is 6.